The quantitative estimate of drug-likeness (QED) is 0.911. The number of amides is 2. The van der Waals surface area contributed by atoms with Crippen molar-refractivity contribution in [3.05, 3.63) is 29.8 Å². The molecule has 0 bridgehead atoms. The molecule has 0 aromatic heterocycles. The molecule has 1 aliphatic heterocycles. The highest BCUT2D eigenvalue weighted by Gasteiger charge is 2.35. The topological polar surface area (TPSA) is 41.6 Å². The van der Waals surface area contributed by atoms with Crippen molar-refractivity contribution < 1.29 is 22.7 Å². The van der Waals surface area contributed by atoms with Gasteiger partial charge in [-0.1, -0.05) is 26.0 Å². The molecule has 1 aliphatic rings. The monoisotopic (exact) mass is 330 g/mol. The molecule has 1 fully saturated rings. The van der Waals surface area contributed by atoms with E-state index in [2.05, 4.69) is 5.32 Å². The molecular weight excluding hydrogens is 309 g/mol. The molecule has 1 heterocycles. The predicted octanol–water partition coefficient (Wildman–Crippen LogP) is 3.98. The second kappa shape index (κ2) is 7.21. The van der Waals surface area contributed by atoms with Gasteiger partial charge in [0.1, 0.15) is 0 Å². The van der Waals surface area contributed by atoms with Gasteiger partial charge in [-0.2, -0.15) is 13.2 Å². The Balaban J connectivity index is 2.15. The summed E-state index contributed by atoms with van der Waals surface area (Å²) >= 11 is 0. The number of anilines is 1. The van der Waals surface area contributed by atoms with Crippen molar-refractivity contribution >= 4 is 11.7 Å². The molecule has 0 saturated carbocycles. The van der Waals surface area contributed by atoms with Gasteiger partial charge in [0.25, 0.3) is 0 Å². The van der Waals surface area contributed by atoms with Gasteiger partial charge in [0.15, 0.2) is 0 Å². The standard InChI is InChI=1S/C16H21F3N2O2/c1-11(2)9-12-10-23-8-7-21(12)15(22)20-14-6-4-3-5-13(14)16(17,18)19/h3-6,11-12H,7-10H2,1-2H3,(H,20,22). The summed E-state index contributed by atoms with van der Waals surface area (Å²) < 4.78 is 44.4. The fraction of sp³-hybridized carbons (Fsp3) is 0.562. The molecule has 1 N–H and O–H groups in total. The zero-order chi connectivity index (χ0) is 17.0. The van der Waals surface area contributed by atoms with Gasteiger partial charge in [-0.05, 0) is 24.5 Å². The first kappa shape index (κ1) is 17.6. The van der Waals surface area contributed by atoms with E-state index in [0.717, 1.165) is 12.5 Å². The van der Waals surface area contributed by atoms with E-state index in [1.54, 1.807) is 4.90 Å². The number of halogens is 3. The van der Waals surface area contributed by atoms with E-state index in [1.165, 1.54) is 18.2 Å². The molecule has 0 radical (unpaired) electrons. The van der Waals surface area contributed by atoms with E-state index in [1.807, 2.05) is 13.8 Å². The van der Waals surface area contributed by atoms with Crippen LogP contribution >= 0.6 is 0 Å². The number of nitrogens with zero attached hydrogens (tertiary/aromatic N) is 1. The number of carbonyl (C=O) groups is 1. The summed E-state index contributed by atoms with van der Waals surface area (Å²) in [5.74, 6) is 0.361. The third-order valence-corrected chi connectivity index (χ3v) is 3.71. The van der Waals surface area contributed by atoms with E-state index < -0.39 is 17.8 Å². The van der Waals surface area contributed by atoms with Crippen LogP contribution < -0.4 is 5.32 Å². The molecule has 0 aliphatic carbocycles. The Morgan fingerprint density at radius 1 is 1.39 bits per heavy atom. The highest BCUT2D eigenvalue weighted by Crippen LogP contribution is 2.34. The SMILES string of the molecule is CC(C)CC1COCCN1C(=O)Nc1ccccc1C(F)(F)F. The largest absolute Gasteiger partial charge is 0.418 e. The highest BCUT2D eigenvalue weighted by molar-refractivity contribution is 5.90. The molecule has 2 rings (SSSR count). The number of nitrogens with one attached hydrogen (secondary N) is 1. The van der Waals surface area contributed by atoms with Crippen molar-refractivity contribution in [1.82, 2.24) is 4.90 Å². The highest BCUT2D eigenvalue weighted by atomic mass is 19.4. The number of rotatable bonds is 3. The van der Waals surface area contributed by atoms with Gasteiger partial charge in [-0.15, -0.1) is 0 Å². The molecule has 1 saturated heterocycles. The van der Waals surface area contributed by atoms with Crippen molar-refractivity contribution in [2.45, 2.75) is 32.5 Å². The van der Waals surface area contributed by atoms with Crippen molar-refractivity contribution in [3.63, 3.8) is 0 Å². The lowest BCUT2D eigenvalue weighted by Crippen LogP contribution is -2.50. The number of hydrogen-bond acceptors (Lipinski definition) is 2. The van der Waals surface area contributed by atoms with Crippen LogP contribution in [-0.2, 0) is 10.9 Å². The van der Waals surface area contributed by atoms with Crippen molar-refractivity contribution in [2.24, 2.45) is 5.92 Å². The van der Waals surface area contributed by atoms with Crippen LogP contribution in [0.5, 0.6) is 0 Å². The molecule has 1 atom stereocenters. The lowest BCUT2D eigenvalue weighted by atomic mass is 10.0. The summed E-state index contributed by atoms with van der Waals surface area (Å²) in [7, 11) is 0. The van der Waals surface area contributed by atoms with Crippen LogP contribution in [0.4, 0.5) is 23.7 Å². The molecule has 23 heavy (non-hydrogen) atoms. The molecule has 1 unspecified atom stereocenters. The molecule has 128 valence electrons. The van der Waals surface area contributed by atoms with Crippen LogP contribution in [0.3, 0.4) is 0 Å². The molecule has 0 spiro atoms. The average molecular weight is 330 g/mol. The third-order valence-electron chi connectivity index (χ3n) is 3.71. The predicted molar refractivity (Wildman–Crippen MR) is 81.2 cm³/mol. The summed E-state index contributed by atoms with van der Waals surface area (Å²) in [4.78, 5) is 14.0. The van der Waals surface area contributed by atoms with Crippen LogP contribution in [0, 0.1) is 5.92 Å². The number of urea groups is 1. The minimum absolute atomic E-state index is 0.123. The number of carbonyl (C=O) groups excluding carboxylic acids is 1. The minimum Gasteiger partial charge on any atom is -0.377 e. The summed E-state index contributed by atoms with van der Waals surface area (Å²) in [6.07, 6.45) is -3.76. The number of benzene rings is 1. The number of hydrogen-bond donors (Lipinski definition) is 1. The Kier molecular flexibility index (Phi) is 5.51. The van der Waals surface area contributed by atoms with Gasteiger partial charge < -0.3 is 15.0 Å². The van der Waals surface area contributed by atoms with Gasteiger partial charge >= 0.3 is 12.2 Å². The average Bonchev–Trinajstić information content (AvgIpc) is 2.46. The number of morpholine rings is 1. The van der Waals surface area contributed by atoms with Gasteiger partial charge in [0.2, 0.25) is 0 Å². The summed E-state index contributed by atoms with van der Waals surface area (Å²) in [6.45, 7) is 5.24. The molecule has 7 heteroatoms. The maximum atomic E-state index is 13.0. The fourth-order valence-electron chi connectivity index (χ4n) is 2.69. The third kappa shape index (κ3) is 4.60. The Bertz CT molecular complexity index is 546. The van der Waals surface area contributed by atoms with E-state index in [-0.39, 0.29) is 11.7 Å². The Labute approximate surface area is 133 Å². The van der Waals surface area contributed by atoms with E-state index in [9.17, 15) is 18.0 Å². The van der Waals surface area contributed by atoms with Crippen LogP contribution in [0.25, 0.3) is 0 Å². The first-order valence-corrected chi connectivity index (χ1v) is 7.60. The Morgan fingerprint density at radius 3 is 2.74 bits per heavy atom. The first-order chi connectivity index (χ1) is 10.8. The Hall–Kier alpha value is -1.76. The maximum absolute atomic E-state index is 13.0. The van der Waals surface area contributed by atoms with E-state index >= 15 is 0 Å². The zero-order valence-electron chi connectivity index (χ0n) is 13.2. The van der Waals surface area contributed by atoms with Gasteiger partial charge in [-0.3, -0.25) is 0 Å². The second-order valence-corrected chi connectivity index (χ2v) is 6.03. The molecule has 1 aromatic carbocycles. The normalized spacial score (nSPS) is 19.0. The van der Waals surface area contributed by atoms with Gasteiger partial charge in [-0.25, -0.2) is 4.79 Å². The number of para-hydroxylation sites is 1. The fourth-order valence-corrected chi connectivity index (χ4v) is 2.69. The van der Waals surface area contributed by atoms with Crippen LogP contribution in [0.1, 0.15) is 25.8 Å². The molecule has 2 amide bonds. The first-order valence-electron chi connectivity index (χ1n) is 7.60. The molecule has 4 nitrogen and oxygen atoms in total. The lowest BCUT2D eigenvalue weighted by molar-refractivity contribution is -0.136. The smallest absolute Gasteiger partial charge is 0.377 e. The van der Waals surface area contributed by atoms with Crippen molar-refractivity contribution in [1.29, 1.82) is 0 Å². The number of ether oxygens (including phenoxy) is 1. The summed E-state index contributed by atoms with van der Waals surface area (Å²) in [5, 5.41) is 2.40. The van der Waals surface area contributed by atoms with Crippen molar-refractivity contribution in [3.8, 4) is 0 Å². The second-order valence-electron chi connectivity index (χ2n) is 6.03. The van der Waals surface area contributed by atoms with Crippen LogP contribution in [-0.4, -0.2) is 36.7 Å². The van der Waals surface area contributed by atoms with Gasteiger partial charge in [0, 0.05) is 6.54 Å². The van der Waals surface area contributed by atoms with Gasteiger partial charge in [0.05, 0.1) is 30.5 Å². The van der Waals surface area contributed by atoms with E-state index in [0.29, 0.717) is 25.7 Å². The maximum Gasteiger partial charge on any atom is 0.418 e. The molecule has 1 aromatic rings. The molecular formula is C16H21F3N2O2. The summed E-state index contributed by atoms with van der Waals surface area (Å²) in [5.41, 5.74) is -1.07. The summed E-state index contributed by atoms with van der Waals surface area (Å²) in [6, 6.07) is 4.35. The van der Waals surface area contributed by atoms with Crippen LogP contribution in [0.15, 0.2) is 24.3 Å². The minimum atomic E-state index is -4.51. The zero-order valence-corrected chi connectivity index (χ0v) is 13.2. The lowest BCUT2D eigenvalue weighted by Gasteiger charge is -2.36. The van der Waals surface area contributed by atoms with E-state index in [4.69, 9.17) is 4.74 Å². The Morgan fingerprint density at radius 2 is 2.09 bits per heavy atom. The van der Waals surface area contributed by atoms with Crippen molar-refractivity contribution in [2.75, 3.05) is 25.1 Å². The number of alkyl halides is 3. The van der Waals surface area contributed by atoms with Crippen LogP contribution in [0.2, 0.25) is 0 Å².